The number of hydrogen-bond acceptors (Lipinski definition) is 3. The van der Waals surface area contributed by atoms with E-state index in [0.29, 0.717) is 17.5 Å². The van der Waals surface area contributed by atoms with Crippen molar-refractivity contribution in [3.63, 3.8) is 0 Å². The average Bonchev–Trinajstić information content (AvgIpc) is 2.70. The summed E-state index contributed by atoms with van der Waals surface area (Å²) in [6.07, 6.45) is 0. The Labute approximate surface area is 122 Å². The Morgan fingerprint density at radius 3 is 2.58 bits per heavy atom. The molecule has 1 aliphatic heterocycles. The van der Waals surface area contributed by atoms with Crippen molar-refractivity contribution in [2.24, 2.45) is 5.92 Å². The summed E-state index contributed by atoms with van der Waals surface area (Å²) in [4.78, 5) is 15.6. The summed E-state index contributed by atoms with van der Waals surface area (Å²) >= 11 is 3.39. The fourth-order valence-electron chi connectivity index (χ4n) is 2.71. The molecular weight excluding hydrogens is 308 g/mol. The predicted octanol–water partition coefficient (Wildman–Crippen LogP) is 2.53. The number of anilines is 1. The molecule has 1 aromatic carbocycles. The van der Waals surface area contributed by atoms with Gasteiger partial charge in [0.2, 0.25) is 0 Å². The first-order valence-corrected chi connectivity index (χ1v) is 7.13. The second-order valence-electron chi connectivity index (χ2n) is 5.42. The van der Waals surface area contributed by atoms with Gasteiger partial charge in [0.1, 0.15) is 0 Å². The molecule has 1 heterocycles. The van der Waals surface area contributed by atoms with Gasteiger partial charge in [0.25, 0.3) is 0 Å². The van der Waals surface area contributed by atoms with E-state index in [0.717, 1.165) is 23.2 Å². The minimum Gasteiger partial charge on any atom is -0.478 e. The zero-order valence-electron chi connectivity index (χ0n) is 11.4. The molecule has 2 rings (SSSR count). The van der Waals surface area contributed by atoms with Crippen LogP contribution in [0.5, 0.6) is 0 Å². The third-order valence-corrected chi connectivity index (χ3v) is 4.19. The van der Waals surface area contributed by atoms with Crippen molar-refractivity contribution in [1.29, 1.82) is 0 Å². The van der Waals surface area contributed by atoms with E-state index in [1.54, 1.807) is 12.1 Å². The Hall–Kier alpha value is -1.07. The number of likely N-dealkylation sites (N-methyl/N-ethyl adjacent to an activating group) is 1. The van der Waals surface area contributed by atoms with Gasteiger partial charge in [-0.3, -0.25) is 0 Å². The van der Waals surface area contributed by atoms with Crippen molar-refractivity contribution in [1.82, 2.24) is 4.90 Å². The lowest BCUT2D eigenvalue weighted by molar-refractivity contribution is 0.0697. The number of benzene rings is 1. The van der Waals surface area contributed by atoms with Gasteiger partial charge in [-0.1, -0.05) is 22.9 Å². The SMILES string of the molecule is CC1CN(c2cc(Br)cc(C(=O)O)c2)CC1N(C)C. The molecule has 2 atom stereocenters. The monoisotopic (exact) mass is 326 g/mol. The predicted molar refractivity (Wildman–Crippen MR) is 80.0 cm³/mol. The van der Waals surface area contributed by atoms with E-state index in [4.69, 9.17) is 5.11 Å². The molecule has 0 saturated carbocycles. The largest absolute Gasteiger partial charge is 0.478 e. The molecule has 1 aromatic rings. The molecule has 1 aliphatic rings. The van der Waals surface area contributed by atoms with Crippen molar-refractivity contribution >= 4 is 27.6 Å². The van der Waals surface area contributed by atoms with Crippen molar-refractivity contribution in [3.05, 3.63) is 28.2 Å². The highest BCUT2D eigenvalue weighted by Gasteiger charge is 2.31. The van der Waals surface area contributed by atoms with Crippen molar-refractivity contribution < 1.29 is 9.90 Å². The lowest BCUT2D eigenvalue weighted by Crippen LogP contribution is -2.34. The first-order valence-electron chi connectivity index (χ1n) is 6.33. The second-order valence-corrected chi connectivity index (χ2v) is 6.33. The van der Waals surface area contributed by atoms with Gasteiger partial charge >= 0.3 is 5.97 Å². The van der Waals surface area contributed by atoms with E-state index in [-0.39, 0.29) is 0 Å². The molecule has 1 N–H and O–H groups in total. The van der Waals surface area contributed by atoms with Gasteiger partial charge in [-0.2, -0.15) is 0 Å². The number of carbonyl (C=O) groups is 1. The smallest absolute Gasteiger partial charge is 0.335 e. The van der Waals surface area contributed by atoms with E-state index in [2.05, 4.69) is 46.7 Å². The van der Waals surface area contributed by atoms with Gasteiger partial charge in [-0.25, -0.2) is 4.79 Å². The summed E-state index contributed by atoms with van der Waals surface area (Å²) in [5.74, 6) is -0.318. The lowest BCUT2D eigenvalue weighted by Gasteiger charge is -2.23. The fourth-order valence-corrected chi connectivity index (χ4v) is 3.19. The molecule has 0 amide bonds. The minimum atomic E-state index is -0.890. The van der Waals surface area contributed by atoms with Crippen LogP contribution >= 0.6 is 15.9 Å². The first kappa shape index (κ1) is 14.3. The Morgan fingerprint density at radius 1 is 1.37 bits per heavy atom. The summed E-state index contributed by atoms with van der Waals surface area (Å²) in [5.41, 5.74) is 1.30. The summed E-state index contributed by atoms with van der Waals surface area (Å²) in [6.45, 7) is 4.13. The van der Waals surface area contributed by atoms with Crippen LogP contribution in [0.2, 0.25) is 0 Å². The Kier molecular flexibility index (Phi) is 4.16. The standard InChI is InChI=1S/C14H19BrN2O2/c1-9-7-17(8-13(9)16(2)3)12-5-10(14(18)19)4-11(15)6-12/h4-6,9,13H,7-8H2,1-3H3,(H,18,19). The van der Waals surface area contributed by atoms with E-state index in [9.17, 15) is 4.79 Å². The van der Waals surface area contributed by atoms with Gasteiger partial charge in [0.15, 0.2) is 0 Å². The third-order valence-electron chi connectivity index (χ3n) is 3.73. The van der Waals surface area contributed by atoms with Gasteiger partial charge in [-0.15, -0.1) is 0 Å². The maximum absolute atomic E-state index is 11.1. The molecule has 19 heavy (non-hydrogen) atoms. The van der Waals surface area contributed by atoms with E-state index < -0.39 is 5.97 Å². The van der Waals surface area contributed by atoms with Crippen molar-refractivity contribution in [3.8, 4) is 0 Å². The molecule has 1 fully saturated rings. The topological polar surface area (TPSA) is 43.8 Å². The van der Waals surface area contributed by atoms with Crippen LogP contribution in [0, 0.1) is 5.92 Å². The molecule has 0 radical (unpaired) electrons. The summed E-state index contributed by atoms with van der Waals surface area (Å²) in [6, 6.07) is 5.87. The van der Waals surface area contributed by atoms with E-state index in [1.165, 1.54) is 0 Å². The average molecular weight is 327 g/mol. The van der Waals surface area contributed by atoms with Gasteiger partial charge in [0, 0.05) is 29.3 Å². The summed E-state index contributed by atoms with van der Waals surface area (Å²) < 4.78 is 0.809. The number of aromatic carboxylic acids is 1. The van der Waals surface area contributed by atoms with E-state index in [1.807, 2.05) is 6.07 Å². The zero-order valence-corrected chi connectivity index (χ0v) is 13.0. The highest BCUT2D eigenvalue weighted by molar-refractivity contribution is 9.10. The molecule has 0 bridgehead atoms. The number of carboxylic acid groups (broad SMARTS) is 1. The van der Waals surface area contributed by atoms with Crippen LogP contribution in [-0.4, -0.2) is 49.2 Å². The van der Waals surface area contributed by atoms with Gasteiger partial charge < -0.3 is 14.9 Å². The number of carboxylic acids is 1. The fraction of sp³-hybridized carbons (Fsp3) is 0.500. The molecule has 0 aliphatic carbocycles. The Bertz CT molecular complexity index is 490. The van der Waals surface area contributed by atoms with Gasteiger partial charge in [0.05, 0.1) is 5.56 Å². The van der Waals surface area contributed by atoms with Crippen LogP contribution < -0.4 is 4.90 Å². The Morgan fingerprint density at radius 2 is 2.05 bits per heavy atom. The molecule has 2 unspecified atom stereocenters. The number of halogens is 1. The normalized spacial score (nSPS) is 23.1. The zero-order chi connectivity index (χ0) is 14.2. The highest BCUT2D eigenvalue weighted by atomic mass is 79.9. The number of hydrogen-bond donors (Lipinski definition) is 1. The highest BCUT2D eigenvalue weighted by Crippen LogP contribution is 2.29. The number of nitrogens with zero attached hydrogens (tertiary/aromatic N) is 2. The van der Waals surface area contributed by atoms with Gasteiger partial charge in [-0.05, 0) is 38.2 Å². The molecule has 1 saturated heterocycles. The van der Waals surface area contributed by atoms with Crippen LogP contribution in [0.3, 0.4) is 0 Å². The molecule has 5 heteroatoms. The summed E-state index contributed by atoms with van der Waals surface area (Å²) in [5, 5.41) is 9.12. The Balaban J connectivity index is 2.26. The molecule has 0 spiro atoms. The quantitative estimate of drug-likeness (QED) is 0.927. The van der Waals surface area contributed by atoms with Crippen LogP contribution in [0.15, 0.2) is 22.7 Å². The molecular formula is C14H19BrN2O2. The van der Waals surface area contributed by atoms with Crippen LogP contribution in [0.25, 0.3) is 0 Å². The number of rotatable bonds is 3. The maximum Gasteiger partial charge on any atom is 0.335 e. The van der Waals surface area contributed by atoms with Crippen LogP contribution in [0.4, 0.5) is 5.69 Å². The van der Waals surface area contributed by atoms with Crippen LogP contribution in [0.1, 0.15) is 17.3 Å². The molecule has 0 aromatic heterocycles. The molecule has 4 nitrogen and oxygen atoms in total. The van der Waals surface area contributed by atoms with Crippen LogP contribution in [-0.2, 0) is 0 Å². The van der Waals surface area contributed by atoms with E-state index >= 15 is 0 Å². The maximum atomic E-state index is 11.1. The summed E-state index contributed by atoms with van der Waals surface area (Å²) in [7, 11) is 4.18. The van der Waals surface area contributed by atoms with Crippen molar-refractivity contribution in [2.45, 2.75) is 13.0 Å². The third kappa shape index (κ3) is 3.09. The van der Waals surface area contributed by atoms with Crippen molar-refractivity contribution in [2.75, 3.05) is 32.1 Å². The minimum absolute atomic E-state index is 0.324. The first-order chi connectivity index (χ1) is 8.88. The molecule has 104 valence electrons. The lowest BCUT2D eigenvalue weighted by atomic mass is 10.1. The second kappa shape index (κ2) is 5.51.